The average Bonchev–Trinajstić information content (AvgIpc) is 3.34. The molecule has 0 aliphatic heterocycles. The molecule has 1 aromatic heterocycles. The fraction of sp³-hybridized carbons (Fsp3) is 0.214. The van der Waals surface area contributed by atoms with Crippen molar-refractivity contribution in [2.45, 2.75) is 25.9 Å². The summed E-state index contributed by atoms with van der Waals surface area (Å²) in [5.74, 6) is 0.682. The van der Waals surface area contributed by atoms with E-state index >= 15 is 0 Å². The molecule has 184 valence electrons. The maximum absolute atomic E-state index is 12.5. The number of hydrogen-bond donors (Lipinski definition) is 1. The molecule has 0 unspecified atom stereocenters. The summed E-state index contributed by atoms with van der Waals surface area (Å²) in [7, 11) is 0. The summed E-state index contributed by atoms with van der Waals surface area (Å²) in [4.78, 5) is 14.8. The second kappa shape index (κ2) is 12.2. The van der Waals surface area contributed by atoms with Crippen molar-refractivity contribution in [1.29, 1.82) is 0 Å². The number of hydrazone groups is 1. The summed E-state index contributed by atoms with van der Waals surface area (Å²) in [6.07, 6.45) is 1.65. The Balaban J connectivity index is 1.42. The number of nitrogens with zero attached hydrogens (tertiary/aromatic N) is 5. The molecule has 7 nitrogen and oxygen atoms in total. The molecule has 0 aliphatic carbocycles. The van der Waals surface area contributed by atoms with Crippen LogP contribution in [0, 0.1) is 6.92 Å². The summed E-state index contributed by atoms with van der Waals surface area (Å²) < 4.78 is 1.98. The zero-order chi connectivity index (χ0) is 25.3. The summed E-state index contributed by atoms with van der Waals surface area (Å²) >= 11 is 1.32. The third kappa shape index (κ3) is 6.20. The maximum Gasteiger partial charge on any atom is 0.250 e. The molecule has 0 radical (unpaired) electrons. The number of carbonyl (C=O) groups excluding carboxylic acids is 1. The van der Waals surface area contributed by atoms with Gasteiger partial charge in [0.25, 0.3) is 5.91 Å². The molecule has 1 N–H and O–H groups in total. The standard InChI is InChI=1S/C28H30N6OS/c1-4-33(5-2)24-17-13-22(14-18-24)19-29-30-26(35)20-36-28-32-31-27(23-9-7-6-8-10-23)34(28)25-15-11-21(3)12-16-25/h6-19H,4-5,20H2,1-3H3,(H,30,35). The molecule has 0 spiro atoms. The Morgan fingerprint density at radius 3 is 2.33 bits per heavy atom. The lowest BCUT2D eigenvalue weighted by atomic mass is 10.2. The van der Waals surface area contributed by atoms with Crippen LogP contribution < -0.4 is 10.3 Å². The van der Waals surface area contributed by atoms with E-state index < -0.39 is 0 Å². The van der Waals surface area contributed by atoms with Crippen LogP contribution in [0.25, 0.3) is 17.1 Å². The molecule has 4 aromatic rings. The van der Waals surface area contributed by atoms with Crippen molar-refractivity contribution in [3.63, 3.8) is 0 Å². The number of hydrogen-bond acceptors (Lipinski definition) is 6. The topological polar surface area (TPSA) is 75.4 Å². The lowest BCUT2D eigenvalue weighted by Gasteiger charge is -2.20. The van der Waals surface area contributed by atoms with Crippen molar-refractivity contribution in [1.82, 2.24) is 20.2 Å². The van der Waals surface area contributed by atoms with E-state index in [0.29, 0.717) is 5.16 Å². The molecule has 36 heavy (non-hydrogen) atoms. The Hall–Kier alpha value is -3.91. The molecule has 4 rings (SSSR count). The van der Waals surface area contributed by atoms with E-state index in [2.05, 4.69) is 63.7 Å². The minimum absolute atomic E-state index is 0.164. The highest BCUT2D eigenvalue weighted by Gasteiger charge is 2.17. The molecule has 0 atom stereocenters. The normalized spacial score (nSPS) is 11.1. The van der Waals surface area contributed by atoms with Crippen LogP contribution in [0.4, 0.5) is 5.69 Å². The third-order valence-corrected chi connectivity index (χ3v) is 6.64. The molecule has 0 fully saturated rings. The number of nitrogens with one attached hydrogen (secondary N) is 1. The lowest BCUT2D eigenvalue weighted by molar-refractivity contribution is -0.118. The zero-order valence-electron chi connectivity index (χ0n) is 20.8. The van der Waals surface area contributed by atoms with Crippen molar-refractivity contribution >= 4 is 29.6 Å². The van der Waals surface area contributed by atoms with E-state index in [9.17, 15) is 4.79 Å². The molecular weight excluding hydrogens is 468 g/mol. The van der Waals surface area contributed by atoms with Gasteiger partial charge in [0.2, 0.25) is 0 Å². The van der Waals surface area contributed by atoms with Gasteiger partial charge in [-0.2, -0.15) is 5.10 Å². The molecule has 0 saturated carbocycles. The molecule has 0 aliphatic rings. The second-order valence-corrected chi connectivity index (χ2v) is 9.13. The van der Waals surface area contributed by atoms with E-state index in [1.54, 1.807) is 6.21 Å². The summed E-state index contributed by atoms with van der Waals surface area (Å²) in [5.41, 5.74) is 7.77. The van der Waals surface area contributed by atoms with Crippen LogP contribution in [0.2, 0.25) is 0 Å². The SMILES string of the molecule is CCN(CC)c1ccc(C=NNC(=O)CSc2nnc(-c3ccccc3)n2-c2ccc(C)cc2)cc1. The monoisotopic (exact) mass is 498 g/mol. The van der Waals surface area contributed by atoms with E-state index in [0.717, 1.165) is 35.7 Å². The molecule has 1 heterocycles. The minimum Gasteiger partial charge on any atom is -0.372 e. The van der Waals surface area contributed by atoms with E-state index in [1.165, 1.54) is 23.0 Å². The van der Waals surface area contributed by atoms with Crippen molar-refractivity contribution in [3.05, 3.63) is 90.0 Å². The first-order valence-electron chi connectivity index (χ1n) is 12.0. The first-order valence-corrected chi connectivity index (χ1v) is 12.9. The molecule has 0 bridgehead atoms. The fourth-order valence-electron chi connectivity index (χ4n) is 3.77. The van der Waals surface area contributed by atoms with E-state index in [4.69, 9.17) is 0 Å². The summed E-state index contributed by atoms with van der Waals surface area (Å²) in [5, 5.41) is 13.6. The minimum atomic E-state index is -0.212. The van der Waals surface area contributed by atoms with Crippen LogP contribution in [-0.4, -0.2) is 45.7 Å². The van der Waals surface area contributed by atoms with Gasteiger partial charge in [0.15, 0.2) is 11.0 Å². The number of anilines is 1. The van der Waals surface area contributed by atoms with Gasteiger partial charge >= 0.3 is 0 Å². The number of aryl methyl sites for hydroxylation is 1. The number of amides is 1. The summed E-state index contributed by atoms with van der Waals surface area (Å²) in [6.45, 7) is 8.24. The lowest BCUT2D eigenvalue weighted by Crippen LogP contribution is -2.21. The molecule has 0 saturated heterocycles. The van der Waals surface area contributed by atoms with Crippen molar-refractivity contribution in [3.8, 4) is 17.1 Å². The molecular formula is C28H30N6OS. The maximum atomic E-state index is 12.5. The first kappa shape index (κ1) is 25.2. The Morgan fingerprint density at radius 2 is 1.67 bits per heavy atom. The van der Waals surface area contributed by atoms with Gasteiger partial charge in [-0.15, -0.1) is 10.2 Å². The quantitative estimate of drug-likeness (QED) is 0.182. The van der Waals surface area contributed by atoms with Crippen molar-refractivity contribution < 1.29 is 4.79 Å². The van der Waals surface area contributed by atoms with Crippen molar-refractivity contribution in [2.75, 3.05) is 23.7 Å². The highest BCUT2D eigenvalue weighted by Crippen LogP contribution is 2.28. The van der Waals surface area contributed by atoms with Crippen LogP contribution in [0.5, 0.6) is 0 Å². The van der Waals surface area contributed by atoms with Gasteiger partial charge in [-0.3, -0.25) is 9.36 Å². The van der Waals surface area contributed by atoms with Crippen LogP contribution >= 0.6 is 11.8 Å². The third-order valence-electron chi connectivity index (χ3n) is 5.71. The van der Waals surface area contributed by atoms with Gasteiger partial charge < -0.3 is 4.90 Å². The molecule has 3 aromatic carbocycles. The van der Waals surface area contributed by atoms with E-state index in [-0.39, 0.29) is 11.7 Å². The van der Waals surface area contributed by atoms with Gasteiger partial charge in [0.05, 0.1) is 12.0 Å². The van der Waals surface area contributed by atoms with Gasteiger partial charge in [-0.25, -0.2) is 5.43 Å². The predicted molar refractivity (Wildman–Crippen MR) is 148 cm³/mol. The van der Waals surface area contributed by atoms with Crippen LogP contribution in [0.3, 0.4) is 0 Å². The Kier molecular flexibility index (Phi) is 8.52. The van der Waals surface area contributed by atoms with Crippen molar-refractivity contribution in [2.24, 2.45) is 5.10 Å². The van der Waals surface area contributed by atoms with Gasteiger partial charge in [0, 0.05) is 30.0 Å². The predicted octanol–water partition coefficient (Wildman–Crippen LogP) is 5.33. The number of rotatable bonds is 10. The Labute approximate surface area is 216 Å². The number of thioether (sulfide) groups is 1. The van der Waals surface area contributed by atoms with Crippen LogP contribution in [-0.2, 0) is 4.79 Å². The van der Waals surface area contributed by atoms with Crippen LogP contribution in [0.15, 0.2) is 89.1 Å². The Morgan fingerprint density at radius 1 is 0.972 bits per heavy atom. The molecule has 1 amide bonds. The fourth-order valence-corrected chi connectivity index (χ4v) is 4.51. The highest BCUT2D eigenvalue weighted by atomic mass is 32.2. The number of aromatic nitrogens is 3. The van der Waals surface area contributed by atoms with E-state index in [1.807, 2.05) is 66.1 Å². The smallest absolute Gasteiger partial charge is 0.250 e. The zero-order valence-corrected chi connectivity index (χ0v) is 21.6. The highest BCUT2D eigenvalue weighted by molar-refractivity contribution is 7.99. The van der Waals surface area contributed by atoms with Crippen LogP contribution in [0.1, 0.15) is 25.0 Å². The van der Waals surface area contributed by atoms with Gasteiger partial charge in [-0.05, 0) is 50.6 Å². The average molecular weight is 499 g/mol. The Bertz CT molecular complexity index is 1300. The van der Waals surface area contributed by atoms with Gasteiger partial charge in [0.1, 0.15) is 0 Å². The molecule has 8 heteroatoms. The number of benzene rings is 3. The number of carbonyl (C=O) groups is 1. The van der Waals surface area contributed by atoms with Gasteiger partial charge in [-0.1, -0.05) is 71.9 Å². The largest absolute Gasteiger partial charge is 0.372 e. The second-order valence-electron chi connectivity index (χ2n) is 8.19. The summed E-state index contributed by atoms with van der Waals surface area (Å²) in [6, 6.07) is 26.2. The first-order chi connectivity index (χ1) is 17.6.